The van der Waals surface area contributed by atoms with Crippen molar-refractivity contribution in [2.24, 2.45) is 0 Å². The van der Waals surface area contributed by atoms with Crippen molar-refractivity contribution in [3.8, 4) is 0 Å². The lowest BCUT2D eigenvalue weighted by Crippen LogP contribution is -2.07. The fourth-order valence-electron chi connectivity index (χ4n) is 3.29. The third-order valence-corrected chi connectivity index (χ3v) is 5.42. The van der Waals surface area contributed by atoms with E-state index in [4.69, 9.17) is 11.6 Å². The number of nitrogens with one attached hydrogen (secondary N) is 1. The van der Waals surface area contributed by atoms with Crippen molar-refractivity contribution in [2.75, 3.05) is 5.32 Å². The van der Waals surface area contributed by atoms with E-state index >= 15 is 0 Å². The van der Waals surface area contributed by atoms with E-state index in [-0.39, 0.29) is 11.6 Å². The molecule has 2 heterocycles. The second-order valence-electron chi connectivity index (χ2n) is 7.42. The van der Waals surface area contributed by atoms with Crippen LogP contribution in [-0.2, 0) is 12.7 Å². The van der Waals surface area contributed by atoms with Gasteiger partial charge in [0.2, 0.25) is 0 Å². The number of hydrogen-bond acceptors (Lipinski definition) is 5. The lowest BCUT2D eigenvalue weighted by Gasteiger charge is -2.11. The third-order valence-electron chi connectivity index (χ3n) is 5.05. The number of benzene rings is 2. The Morgan fingerprint density at radius 3 is 2.61 bits per heavy atom. The van der Waals surface area contributed by atoms with Gasteiger partial charge in [-0.3, -0.25) is 0 Å². The van der Waals surface area contributed by atoms with Gasteiger partial charge >= 0.3 is 6.18 Å². The molecule has 0 spiro atoms. The zero-order valence-corrected chi connectivity index (χ0v) is 16.8. The largest absolute Gasteiger partial charge is 0.416 e. The summed E-state index contributed by atoms with van der Waals surface area (Å²) in [7, 11) is 0. The molecule has 10 heteroatoms. The molecule has 2 aromatic heterocycles. The predicted octanol–water partition coefficient (Wildman–Crippen LogP) is 5.56. The first-order valence-corrected chi connectivity index (χ1v) is 10.0. The normalized spacial score (nSPS) is 14.2. The Bertz CT molecular complexity index is 1270. The summed E-state index contributed by atoms with van der Waals surface area (Å²) in [5.41, 5.74) is 1.26. The predicted molar refractivity (Wildman–Crippen MR) is 110 cm³/mol. The highest BCUT2D eigenvalue weighted by Gasteiger charge is 2.31. The fraction of sp³-hybridized carbons (Fsp3) is 0.238. The van der Waals surface area contributed by atoms with Crippen LogP contribution in [0.1, 0.15) is 35.7 Å². The van der Waals surface area contributed by atoms with Crippen LogP contribution in [0.25, 0.3) is 11.2 Å². The minimum atomic E-state index is -4.43. The highest BCUT2D eigenvalue weighted by atomic mass is 35.5. The number of alkyl halides is 3. The van der Waals surface area contributed by atoms with Crippen LogP contribution in [-0.4, -0.2) is 25.0 Å². The maximum atomic E-state index is 13.1. The van der Waals surface area contributed by atoms with Gasteiger partial charge in [-0.25, -0.2) is 14.6 Å². The van der Waals surface area contributed by atoms with Gasteiger partial charge in [-0.2, -0.15) is 13.2 Å². The van der Waals surface area contributed by atoms with Crippen LogP contribution < -0.4 is 5.32 Å². The summed E-state index contributed by atoms with van der Waals surface area (Å²) in [6, 6.07) is 12.4. The molecule has 0 aliphatic heterocycles. The van der Waals surface area contributed by atoms with E-state index in [0.717, 1.165) is 30.5 Å². The zero-order valence-electron chi connectivity index (χ0n) is 16.1. The molecule has 0 bridgehead atoms. The monoisotopic (exact) mass is 444 g/mol. The highest BCUT2D eigenvalue weighted by molar-refractivity contribution is 6.31. The zero-order chi connectivity index (χ0) is 21.6. The maximum absolute atomic E-state index is 13.1. The number of hydrogen-bond donors (Lipinski definition) is 1. The molecule has 1 fully saturated rings. The van der Waals surface area contributed by atoms with Crippen LogP contribution in [0.3, 0.4) is 0 Å². The van der Waals surface area contributed by atoms with Gasteiger partial charge in [-0.15, -0.1) is 5.10 Å². The fourth-order valence-corrected chi connectivity index (χ4v) is 3.48. The van der Waals surface area contributed by atoms with Crippen LogP contribution >= 0.6 is 11.6 Å². The molecule has 6 nitrogen and oxygen atoms in total. The lowest BCUT2D eigenvalue weighted by molar-refractivity contribution is -0.137. The number of rotatable bonds is 5. The first-order valence-electron chi connectivity index (χ1n) is 9.67. The van der Waals surface area contributed by atoms with Gasteiger partial charge in [0.25, 0.3) is 0 Å². The maximum Gasteiger partial charge on any atom is 0.416 e. The summed E-state index contributed by atoms with van der Waals surface area (Å²) in [5, 5.41) is 12.0. The van der Waals surface area contributed by atoms with Crippen LogP contribution in [0, 0.1) is 0 Å². The van der Waals surface area contributed by atoms with E-state index in [1.54, 1.807) is 16.8 Å². The molecule has 1 saturated carbocycles. The lowest BCUT2D eigenvalue weighted by atomic mass is 10.2. The van der Waals surface area contributed by atoms with Gasteiger partial charge < -0.3 is 5.32 Å². The summed E-state index contributed by atoms with van der Waals surface area (Å²) in [6.45, 7) is 0.361. The molecule has 1 N–H and O–H groups in total. The Morgan fingerprint density at radius 2 is 1.87 bits per heavy atom. The Kier molecular flexibility index (Phi) is 4.77. The minimum Gasteiger partial charge on any atom is -0.338 e. The van der Waals surface area contributed by atoms with Crippen molar-refractivity contribution >= 4 is 34.3 Å². The Labute approximate surface area is 180 Å². The average molecular weight is 445 g/mol. The van der Waals surface area contributed by atoms with Crippen LogP contribution in [0.4, 0.5) is 24.7 Å². The van der Waals surface area contributed by atoms with Crippen LogP contribution in [0.2, 0.25) is 5.02 Å². The van der Waals surface area contributed by atoms with E-state index in [1.165, 1.54) is 6.07 Å². The third kappa shape index (κ3) is 4.05. The van der Waals surface area contributed by atoms with E-state index < -0.39 is 11.7 Å². The molecule has 0 radical (unpaired) electrons. The minimum absolute atomic E-state index is 0.232. The van der Waals surface area contributed by atoms with Crippen molar-refractivity contribution in [3.05, 3.63) is 70.5 Å². The van der Waals surface area contributed by atoms with Crippen LogP contribution in [0.5, 0.6) is 0 Å². The van der Waals surface area contributed by atoms with E-state index in [2.05, 4.69) is 25.6 Å². The second-order valence-corrected chi connectivity index (χ2v) is 7.83. The first-order chi connectivity index (χ1) is 14.9. The molecule has 0 unspecified atom stereocenters. The van der Waals surface area contributed by atoms with Crippen molar-refractivity contribution in [1.82, 2.24) is 25.0 Å². The number of halogens is 4. The second kappa shape index (κ2) is 7.49. The molecule has 4 aromatic rings. The van der Waals surface area contributed by atoms with Gasteiger partial charge in [-0.05, 0) is 42.7 Å². The SMILES string of the molecule is FC(F)(F)c1cccc(Nc2nc(C3CC3)nc3c2nnn3Cc2ccccc2Cl)c1. The summed E-state index contributed by atoms with van der Waals surface area (Å²) >= 11 is 6.28. The number of fused-ring (bicyclic) bond motifs is 1. The smallest absolute Gasteiger partial charge is 0.338 e. The molecular weight excluding hydrogens is 429 g/mol. The van der Waals surface area contributed by atoms with Crippen molar-refractivity contribution in [3.63, 3.8) is 0 Å². The summed E-state index contributed by atoms with van der Waals surface area (Å²) in [6.07, 6.45) is -2.49. The molecule has 5 rings (SSSR count). The van der Waals surface area contributed by atoms with Crippen molar-refractivity contribution in [1.29, 1.82) is 0 Å². The molecule has 1 aliphatic rings. The standard InChI is InChI=1S/C21H16ClF3N6/c22-16-7-2-1-4-13(16)11-31-20-17(29-30-31)19(27-18(28-20)12-8-9-12)26-15-6-3-5-14(10-15)21(23,24)25/h1-7,10,12H,8-9,11H2,(H,26,27,28). The van der Waals surface area contributed by atoms with Crippen LogP contribution in [0.15, 0.2) is 48.5 Å². The molecule has 0 amide bonds. The molecular formula is C21H16ClF3N6. The summed E-state index contributed by atoms with van der Waals surface area (Å²) in [4.78, 5) is 9.19. The molecule has 2 aromatic carbocycles. The number of aromatic nitrogens is 5. The molecule has 158 valence electrons. The molecule has 0 saturated heterocycles. The number of anilines is 2. The first kappa shape index (κ1) is 19.7. The number of nitrogens with zero attached hydrogens (tertiary/aromatic N) is 5. The highest BCUT2D eigenvalue weighted by Crippen LogP contribution is 2.39. The Hall–Kier alpha value is -3.20. The molecule has 0 atom stereocenters. The molecule has 31 heavy (non-hydrogen) atoms. The molecule has 1 aliphatic carbocycles. The average Bonchev–Trinajstić information content (AvgIpc) is 3.51. The Morgan fingerprint density at radius 1 is 1.06 bits per heavy atom. The topological polar surface area (TPSA) is 68.5 Å². The van der Waals surface area contributed by atoms with Gasteiger partial charge in [0.1, 0.15) is 5.82 Å². The van der Waals surface area contributed by atoms with Gasteiger partial charge in [0.15, 0.2) is 17.0 Å². The van der Waals surface area contributed by atoms with Gasteiger partial charge in [0.05, 0.1) is 12.1 Å². The summed E-state index contributed by atoms with van der Waals surface area (Å²) < 4.78 is 40.9. The quantitative estimate of drug-likeness (QED) is 0.436. The summed E-state index contributed by atoms with van der Waals surface area (Å²) in [5.74, 6) is 1.19. The van der Waals surface area contributed by atoms with Gasteiger partial charge in [-0.1, -0.05) is 41.1 Å². The Balaban J connectivity index is 1.56. The van der Waals surface area contributed by atoms with Gasteiger partial charge in [0, 0.05) is 16.6 Å². The van der Waals surface area contributed by atoms with E-state index in [0.29, 0.717) is 34.4 Å². The van der Waals surface area contributed by atoms with E-state index in [1.807, 2.05) is 18.2 Å². The van der Waals surface area contributed by atoms with E-state index in [9.17, 15) is 13.2 Å². The van der Waals surface area contributed by atoms with Crippen molar-refractivity contribution in [2.45, 2.75) is 31.5 Å². The van der Waals surface area contributed by atoms with Crippen molar-refractivity contribution < 1.29 is 13.2 Å².